The number of halogens is 1. The summed E-state index contributed by atoms with van der Waals surface area (Å²) in [6, 6.07) is 22.3. The quantitative estimate of drug-likeness (QED) is 0.537. The Morgan fingerprint density at radius 1 is 0.765 bits per heavy atom. The van der Waals surface area contributed by atoms with Crippen LogP contribution in [0.2, 0.25) is 0 Å². The minimum atomic E-state index is -0.267. The summed E-state index contributed by atoms with van der Waals surface area (Å²) in [6.45, 7) is 6.12. The highest BCUT2D eigenvalue weighted by molar-refractivity contribution is 6.12. The molecule has 2 N–H and O–H groups in total. The Labute approximate surface area is 207 Å². The Kier molecular flexibility index (Phi) is 8.68. The van der Waals surface area contributed by atoms with Gasteiger partial charge in [0.05, 0.1) is 11.3 Å². The Morgan fingerprint density at radius 2 is 1.47 bits per heavy atom. The van der Waals surface area contributed by atoms with Crippen molar-refractivity contribution < 1.29 is 9.59 Å². The van der Waals surface area contributed by atoms with E-state index in [1.807, 2.05) is 55.5 Å². The number of benzene rings is 3. The van der Waals surface area contributed by atoms with Gasteiger partial charge in [0.25, 0.3) is 11.8 Å². The predicted molar refractivity (Wildman–Crippen MR) is 142 cm³/mol. The van der Waals surface area contributed by atoms with Crippen molar-refractivity contribution in [3.05, 3.63) is 89.5 Å². The van der Waals surface area contributed by atoms with E-state index in [0.717, 1.165) is 43.9 Å². The van der Waals surface area contributed by atoms with Crippen LogP contribution in [-0.2, 0) is 0 Å². The van der Waals surface area contributed by atoms with Crippen LogP contribution < -0.4 is 15.5 Å². The van der Waals surface area contributed by atoms with Gasteiger partial charge in [0, 0.05) is 36.6 Å². The van der Waals surface area contributed by atoms with Crippen LogP contribution in [-0.4, -0.2) is 49.9 Å². The summed E-state index contributed by atoms with van der Waals surface area (Å²) < 4.78 is 0. The highest BCUT2D eigenvalue weighted by atomic mass is 35.5. The zero-order valence-electron chi connectivity index (χ0n) is 19.6. The van der Waals surface area contributed by atoms with Gasteiger partial charge in [-0.15, -0.1) is 12.4 Å². The molecule has 3 aromatic rings. The summed E-state index contributed by atoms with van der Waals surface area (Å²) in [6.07, 6.45) is 1.13. The molecule has 0 atom stereocenters. The van der Waals surface area contributed by atoms with Crippen molar-refractivity contribution in [1.29, 1.82) is 0 Å². The molecule has 178 valence electrons. The van der Waals surface area contributed by atoms with Crippen molar-refractivity contribution in [3.63, 3.8) is 0 Å². The Morgan fingerprint density at radius 3 is 2.21 bits per heavy atom. The first-order valence-corrected chi connectivity index (χ1v) is 11.3. The first-order valence-electron chi connectivity index (χ1n) is 11.3. The second-order valence-corrected chi connectivity index (χ2v) is 8.51. The molecular formula is C27H31ClN4O2. The Hall–Kier alpha value is -3.35. The predicted octanol–water partition coefficient (Wildman–Crippen LogP) is 5.06. The lowest BCUT2D eigenvalue weighted by Crippen LogP contribution is -2.28. The van der Waals surface area contributed by atoms with E-state index in [1.165, 1.54) is 0 Å². The maximum absolute atomic E-state index is 12.9. The zero-order chi connectivity index (χ0) is 23.2. The molecule has 34 heavy (non-hydrogen) atoms. The van der Waals surface area contributed by atoms with Gasteiger partial charge >= 0.3 is 0 Å². The van der Waals surface area contributed by atoms with Crippen molar-refractivity contribution in [2.45, 2.75) is 13.3 Å². The molecule has 0 unspecified atom stereocenters. The average Bonchev–Trinajstić information content (AvgIpc) is 3.05. The molecule has 0 saturated carbocycles. The molecule has 1 fully saturated rings. The summed E-state index contributed by atoms with van der Waals surface area (Å²) in [5.41, 5.74) is 4.40. The van der Waals surface area contributed by atoms with Gasteiger partial charge in [-0.2, -0.15) is 0 Å². The normalized spacial score (nSPS) is 14.0. The third-order valence-electron chi connectivity index (χ3n) is 5.94. The molecule has 1 aliphatic rings. The van der Waals surface area contributed by atoms with Gasteiger partial charge in [0.2, 0.25) is 0 Å². The van der Waals surface area contributed by atoms with E-state index in [9.17, 15) is 9.59 Å². The standard InChI is InChI=1S/C27H30N4O2.ClH/c1-20-8-12-22(13-9-20)28-27(33)24-6-3-4-7-25(24)29-26(32)21-10-14-23(15-11-21)31-17-5-16-30(2)18-19-31;/h3-4,6-15H,5,16-19H2,1-2H3,(H,28,33)(H,29,32);1H. The number of nitrogens with one attached hydrogen (secondary N) is 2. The number of rotatable bonds is 5. The smallest absolute Gasteiger partial charge is 0.257 e. The van der Waals surface area contributed by atoms with Crippen LogP contribution >= 0.6 is 12.4 Å². The van der Waals surface area contributed by atoms with Gasteiger partial charge in [0.1, 0.15) is 0 Å². The molecule has 7 heteroatoms. The molecule has 0 bridgehead atoms. The van der Waals surface area contributed by atoms with Crippen LogP contribution in [0.25, 0.3) is 0 Å². The fourth-order valence-electron chi connectivity index (χ4n) is 3.95. The number of likely N-dealkylation sites (N-methyl/N-ethyl adjacent to an activating group) is 1. The first-order chi connectivity index (χ1) is 16.0. The van der Waals surface area contributed by atoms with E-state index in [-0.39, 0.29) is 24.2 Å². The fourth-order valence-corrected chi connectivity index (χ4v) is 3.95. The average molecular weight is 479 g/mol. The van der Waals surface area contributed by atoms with Crippen LogP contribution in [0, 0.1) is 6.92 Å². The highest BCUT2D eigenvalue weighted by Gasteiger charge is 2.16. The van der Waals surface area contributed by atoms with E-state index < -0.39 is 0 Å². The largest absolute Gasteiger partial charge is 0.370 e. The lowest BCUT2D eigenvalue weighted by atomic mass is 10.1. The number of carbonyl (C=O) groups is 2. The van der Waals surface area contributed by atoms with Crippen LogP contribution in [0.5, 0.6) is 0 Å². The summed E-state index contributed by atoms with van der Waals surface area (Å²) in [5, 5.41) is 5.79. The highest BCUT2D eigenvalue weighted by Crippen LogP contribution is 2.21. The van der Waals surface area contributed by atoms with Crippen molar-refractivity contribution in [1.82, 2.24) is 4.90 Å². The topological polar surface area (TPSA) is 64.7 Å². The minimum Gasteiger partial charge on any atom is -0.370 e. The molecule has 0 aromatic heterocycles. The van der Waals surface area contributed by atoms with Gasteiger partial charge in [-0.05, 0) is 75.5 Å². The number of hydrogen-bond acceptors (Lipinski definition) is 4. The molecule has 1 heterocycles. The number of anilines is 3. The maximum atomic E-state index is 12.9. The summed E-state index contributed by atoms with van der Waals surface area (Å²) >= 11 is 0. The SMILES string of the molecule is Cc1ccc(NC(=O)c2ccccc2NC(=O)c2ccc(N3CCCN(C)CC3)cc2)cc1.Cl. The number of hydrogen-bond donors (Lipinski definition) is 2. The molecule has 2 amide bonds. The number of para-hydroxylation sites is 1. The van der Waals surface area contributed by atoms with Gasteiger partial charge in [0.15, 0.2) is 0 Å². The third-order valence-corrected chi connectivity index (χ3v) is 5.94. The van der Waals surface area contributed by atoms with E-state index in [4.69, 9.17) is 0 Å². The first kappa shape index (κ1) is 25.3. The van der Waals surface area contributed by atoms with E-state index in [1.54, 1.807) is 24.3 Å². The van der Waals surface area contributed by atoms with E-state index in [2.05, 4.69) is 27.5 Å². The molecule has 0 aliphatic carbocycles. The summed E-state index contributed by atoms with van der Waals surface area (Å²) in [7, 11) is 2.15. The fraction of sp³-hybridized carbons (Fsp3) is 0.259. The van der Waals surface area contributed by atoms with Crippen molar-refractivity contribution >= 4 is 41.3 Å². The van der Waals surface area contributed by atoms with E-state index >= 15 is 0 Å². The lowest BCUT2D eigenvalue weighted by Gasteiger charge is -2.23. The van der Waals surface area contributed by atoms with Crippen LogP contribution in [0.4, 0.5) is 17.1 Å². The monoisotopic (exact) mass is 478 g/mol. The lowest BCUT2D eigenvalue weighted by molar-refractivity contribution is 0.102. The van der Waals surface area contributed by atoms with Gasteiger partial charge in [-0.25, -0.2) is 0 Å². The Balaban J connectivity index is 0.00000324. The van der Waals surface area contributed by atoms with Gasteiger partial charge < -0.3 is 20.4 Å². The molecular weight excluding hydrogens is 448 g/mol. The van der Waals surface area contributed by atoms with Crippen LogP contribution in [0.15, 0.2) is 72.8 Å². The van der Waals surface area contributed by atoms with Gasteiger partial charge in [-0.1, -0.05) is 29.8 Å². The minimum absolute atomic E-state index is 0. The van der Waals surface area contributed by atoms with Crippen molar-refractivity contribution in [2.24, 2.45) is 0 Å². The number of amides is 2. The Bertz CT molecular complexity index is 1120. The van der Waals surface area contributed by atoms with E-state index in [0.29, 0.717) is 22.5 Å². The summed E-state index contributed by atoms with van der Waals surface area (Å²) in [4.78, 5) is 30.4. The van der Waals surface area contributed by atoms with Crippen molar-refractivity contribution in [2.75, 3.05) is 48.8 Å². The second-order valence-electron chi connectivity index (χ2n) is 8.51. The molecule has 3 aromatic carbocycles. The maximum Gasteiger partial charge on any atom is 0.257 e. The summed E-state index contributed by atoms with van der Waals surface area (Å²) in [5.74, 6) is -0.510. The molecule has 4 rings (SSSR count). The number of carbonyl (C=O) groups excluding carboxylic acids is 2. The van der Waals surface area contributed by atoms with Crippen LogP contribution in [0.1, 0.15) is 32.7 Å². The number of nitrogens with zero attached hydrogens (tertiary/aromatic N) is 2. The molecule has 0 radical (unpaired) electrons. The van der Waals surface area contributed by atoms with Gasteiger partial charge in [-0.3, -0.25) is 9.59 Å². The van der Waals surface area contributed by atoms with Crippen LogP contribution in [0.3, 0.4) is 0 Å². The molecule has 1 saturated heterocycles. The number of aryl methyl sites for hydroxylation is 1. The zero-order valence-corrected chi connectivity index (χ0v) is 20.4. The van der Waals surface area contributed by atoms with Crippen molar-refractivity contribution in [3.8, 4) is 0 Å². The third kappa shape index (κ3) is 6.37. The molecule has 1 aliphatic heterocycles. The second kappa shape index (κ2) is 11.7. The molecule has 0 spiro atoms. The molecule has 6 nitrogen and oxygen atoms in total.